The summed E-state index contributed by atoms with van der Waals surface area (Å²) in [5, 5.41) is 0.784. The summed E-state index contributed by atoms with van der Waals surface area (Å²) in [5.41, 5.74) is 1.47. The van der Waals surface area contributed by atoms with E-state index in [0.717, 1.165) is 10.9 Å². The first-order valence-electron chi connectivity index (χ1n) is 4.33. The van der Waals surface area contributed by atoms with Gasteiger partial charge in [-0.1, -0.05) is 0 Å². The second-order valence-corrected chi connectivity index (χ2v) is 3.89. The first-order valence-corrected chi connectivity index (χ1v) is 5.12. The van der Waals surface area contributed by atoms with Gasteiger partial charge in [-0.05, 0) is 22.0 Å². The Labute approximate surface area is 95.0 Å². The molecule has 0 amide bonds. The number of fused-ring (bicyclic) bond motifs is 1. The highest BCUT2D eigenvalue weighted by molar-refractivity contribution is 9.10. The van der Waals surface area contributed by atoms with Gasteiger partial charge in [-0.2, -0.15) is 0 Å². The van der Waals surface area contributed by atoms with Crippen LogP contribution in [0.1, 0.15) is 10.4 Å². The van der Waals surface area contributed by atoms with Gasteiger partial charge in [0.15, 0.2) is 0 Å². The highest BCUT2D eigenvalue weighted by Gasteiger charge is 2.16. The lowest BCUT2D eigenvalue weighted by Crippen LogP contribution is -2.00. The number of esters is 1. The van der Waals surface area contributed by atoms with Crippen LogP contribution in [0.3, 0.4) is 0 Å². The van der Waals surface area contributed by atoms with Crippen LogP contribution in [0.5, 0.6) is 0 Å². The largest absolute Gasteiger partial charge is 0.465 e. The Balaban J connectivity index is 2.81. The van der Waals surface area contributed by atoms with Crippen LogP contribution in [0.2, 0.25) is 0 Å². The number of rotatable bonds is 1. The van der Waals surface area contributed by atoms with Gasteiger partial charge in [0.25, 0.3) is 0 Å². The molecule has 0 atom stereocenters. The van der Waals surface area contributed by atoms with Gasteiger partial charge in [-0.15, -0.1) is 0 Å². The summed E-state index contributed by atoms with van der Waals surface area (Å²) in [6, 6.07) is 1.85. The van der Waals surface area contributed by atoms with Crippen LogP contribution >= 0.6 is 15.9 Å². The number of halogens is 1. The fourth-order valence-electron chi connectivity index (χ4n) is 1.56. The standard InChI is InChI=1S/C10H9BrN2O2/c1-13-5-6(10(14)15-2)8-7(13)3-4-12-9(8)11/h3-5H,1-2H3. The lowest BCUT2D eigenvalue weighted by Gasteiger charge is -1.98. The molecule has 2 rings (SSSR count). The average Bonchev–Trinajstić information content (AvgIpc) is 2.57. The van der Waals surface area contributed by atoms with E-state index in [-0.39, 0.29) is 5.97 Å². The minimum atomic E-state index is -0.352. The summed E-state index contributed by atoms with van der Waals surface area (Å²) >= 11 is 3.33. The van der Waals surface area contributed by atoms with Gasteiger partial charge >= 0.3 is 5.97 Å². The predicted octanol–water partition coefficient (Wildman–Crippen LogP) is 2.12. The first kappa shape index (κ1) is 10.2. The molecule has 2 heterocycles. The fourth-order valence-corrected chi connectivity index (χ4v) is 2.10. The molecule has 0 aromatic carbocycles. The molecule has 0 bridgehead atoms. The predicted molar refractivity (Wildman–Crippen MR) is 59.8 cm³/mol. The van der Waals surface area contributed by atoms with Crippen LogP contribution in [0.4, 0.5) is 0 Å². The van der Waals surface area contributed by atoms with E-state index in [0.29, 0.717) is 10.2 Å². The number of pyridine rings is 1. The number of methoxy groups -OCH3 is 1. The number of ether oxygens (including phenoxy) is 1. The van der Waals surface area contributed by atoms with Crippen molar-refractivity contribution in [2.75, 3.05) is 7.11 Å². The van der Waals surface area contributed by atoms with E-state index >= 15 is 0 Å². The van der Waals surface area contributed by atoms with Gasteiger partial charge in [0.1, 0.15) is 4.60 Å². The normalized spacial score (nSPS) is 10.6. The summed E-state index contributed by atoms with van der Waals surface area (Å²) in [7, 11) is 3.24. The van der Waals surface area contributed by atoms with Gasteiger partial charge in [-0.3, -0.25) is 0 Å². The zero-order chi connectivity index (χ0) is 11.0. The maximum absolute atomic E-state index is 11.5. The van der Waals surface area contributed by atoms with Gasteiger partial charge in [0.05, 0.1) is 18.2 Å². The third-order valence-corrected chi connectivity index (χ3v) is 2.86. The molecule has 0 spiro atoms. The van der Waals surface area contributed by atoms with Crippen LogP contribution in [0, 0.1) is 0 Å². The molecule has 0 aliphatic rings. The molecule has 2 aromatic rings. The zero-order valence-electron chi connectivity index (χ0n) is 8.32. The van der Waals surface area contributed by atoms with E-state index in [1.807, 2.05) is 17.7 Å². The van der Waals surface area contributed by atoms with Crippen molar-refractivity contribution in [3.63, 3.8) is 0 Å². The zero-order valence-corrected chi connectivity index (χ0v) is 9.91. The van der Waals surface area contributed by atoms with Crippen LogP contribution in [0.25, 0.3) is 10.9 Å². The van der Waals surface area contributed by atoms with Crippen LogP contribution in [-0.2, 0) is 11.8 Å². The number of aryl methyl sites for hydroxylation is 1. The van der Waals surface area contributed by atoms with Crippen molar-refractivity contribution in [3.05, 3.63) is 28.6 Å². The Bertz CT molecular complexity index is 533. The van der Waals surface area contributed by atoms with E-state index in [2.05, 4.69) is 20.9 Å². The molecule has 15 heavy (non-hydrogen) atoms. The topological polar surface area (TPSA) is 44.1 Å². The maximum atomic E-state index is 11.5. The quantitative estimate of drug-likeness (QED) is 0.588. The second kappa shape index (κ2) is 3.66. The lowest BCUT2D eigenvalue weighted by molar-refractivity contribution is 0.0602. The molecular weight excluding hydrogens is 260 g/mol. The summed E-state index contributed by atoms with van der Waals surface area (Å²) < 4.78 is 7.23. The number of aromatic nitrogens is 2. The highest BCUT2D eigenvalue weighted by Crippen LogP contribution is 2.26. The molecule has 0 saturated carbocycles. The Hall–Kier alpha value is -1.36. The van der Waals surface area contributed by atoms with Crippen molar-refractivity contribution in [1.29, 1.82) is 0 Å². The molecule has 0 fully saturated rings. The fraction of sp³-hybridized carbons (Fsp3) is 0.200. The van der Waals surface area contributed by atoms with Gasteiger partial charge in [-0.25, -0.2) is 9.78 Å². The van der Waals surface area contributed by atoms with Crippen molar-refractivity contribution >= 4 is 32.8 Å². The number of hydrogen-bond acceptors (Lipinski definition) is 3. The Morgan fingerprint density at radius 3 is 3.00 bits per heavy atom. The minimum Gasteiger partial charge on any atom is -0.465 e. The summed E-state index contributed by atoms with van der Waals surface area (Å²) in [4.78, 5) is 15.6. The molecular formula is C10H9BrN2O2. The van der Waals surface area contributed by atoms with Crippen LogP contribution in [0.15, 0.2) is 23.1 Å². The minimum absolute atomic E-state index is 0.352. The van der Waals surface area contributed by atoms with E-state index in [4.69, 9.17) is 4.74 Å². The van der Waals surface area contributed by atoms with Gasteiger partial charge < -0.3 is 9.30 Å². The van der Waals surface area contributed by atoms with E-state index in [1.54, 1.807) is 12.4 Å². The molecule has 0 unspecified atom stereocenters. The third-order valence-electron chi connectivity index (χ3n) is 2.26. The van der Waals surface area contributed by atoms with Crippen molar-refractivity contribution in [1.82, 2.24) is 9.55 Å². The number of carbonyl (C=O) groups excluding carboxylic acids is 1. The molecule has 0 radical (unpaired) electrons. The van der Waals surface area contributed by atoms with Crippen molar-refractivity contribution in [2.45, 2.75) is 0 Å². The lowest BCUT2D eigenvalue weighted by atomic mass is 10.2. The molecule has 78 valence electrons. The van der Waals surface area contributed by atoms with Crippen molar-refractivity contribution < 1.29 is 9.53 Å². The summed E-state index contributed by atoms with van der Waals surface area (Å²) in [5.74, 6) is -0.352. The highest BCUT2D eigenvalue weighted by atomic mass is 79.9. The summed E-state index contributed by atoms with van der Waals surface area (Å²) in [6.07, 6.45) is 3.43. The first-order chi connectivity index (χ1) is 7.15. The van der Waals surface area contributed by atoms with Gasteiger partial charge in [0.2, 0.25) is 0 Å². The van der Waals surface area contributed by atoms with E-state index in [9.17, 15) is 4.79 Å². The van der Waals surface area contributed by atoms with E-state index < -0.39 is 0 Å². The number of carbonyl (C=O) groups is 1. The Morgan fingerprint density at radius 2 is 2.33 bits per heavy atom. The van der Waals surface area contributed by atoms with Crippen LogP contribution in [-0.4, -0.2) is 22.6 Å². The Morgan fingerprint density at radius 1 is 1.60 bits per heavy atom. The molecule has 4 nitrogen and oxygen atoms in total. The average molecular weight is 269 g/mol. The molecule has 0 saturated heterocycles. The Kier molecular flexibility index (Phi) is 2.48. The van der Waals surface area contributed by atoms with E-state index in [1.165, 1.54) is 7.11 Å². The summed E-state index contributed by atoms with van der Waals surface area (Å²) in [6.45, 7) is 0. The maximum Gasteiger partial charge on any atom is 0.340 e. The smallest absolute Gasteiger partial charge is 0.340 e. The number of hydrogen-bond donors (Lipinski definition) is 0. The van der Waals surface area contributed by atoms with Crippen molar-refractivity contribution in [2.24, 2.45) is 7.05 Å². The molecule has 0 aliphatic carbocycles. The van der Waals surface area contributed by atoms with Crippen LogP contribution < -0.4 is 0 Å². The molecule has 2 aromatic heterocycles. The third kappa shape index (κ3) is 1.52. The number of nitrogens with zero attached hydrogens (tertiary/aromatic N) is 2. The second-order valence-electron chi connectivity index (χ2n) is 3.14. The monoisotopic (exact) mass is 268 g/mol. The molecule has 0 aliphatic heterocycles. The molecule has 0 N–H and O–H groups in total. The SMILES string of the molecule is COC(=O)c1cn(C)c2ccnc(Br)c12. The molecule has 5 heteroatoms. The van der Waals surface area contributed by atoms with Gasteiger partial charge in [0, 0.05) is 24.8 Å². The van der Waals surface area contributed by atoms with Crippen molar-refractivity contribution in [3.8, 4) is 0 Å².